The molecule has 1 aromatic carbocycles. The molecule has 100 valence electrons. The van der Waals surface area contributed by atoms with Crippen LogP contribution in [0.5, 0.6) is 0 Å². The van der Waals surface area contributed by atoms with Crippen LogP contribution in [0, 0.1) is 13.8 Å². The molecule has 0 bridgehead atoms. The van der Waals surface area contributed by atoms with Crippen molar-refractivity contribution < 1.29 is 0 Å². The Hall–Kier alpha value is -2.17. The molecule has 1 N–H and O–H groups in total. The number of hydrogen-bond donors (Lipinski definition) is 1. The third-order valence-electron chi connectivity index (χ3n) is 3.05. The van der Waals surface area contributed by atoms with E-state index in [1.54, 1.807) is 0 Å². The van der Waals surface area contributed by atoms with Gasteiger partial charge in [0, 0.05) is 31.0 Å². The number of anilines is 1. The lowest BCUT2D eigenvalue weighted by Crippen LogP contribution is -2.15. The number of benzene rings is 1. The molecule has 0 unspecified atom stereocenters. The predicted octanol–water partition coefficient (Wildman–Crippen LogP) is 3.90. The lowest BCUT2D eigenvalue weighted by molar-refractivity contribution is 0.966. The molecular formula is C14H19N5. The van der Waals surface area contributed by atoms with Gasteiger partial charge in [0.25, 0.3) is 0 Å². The summed E-state index contributed by atoms with van der Waals surface area (Å²) in [6.45, 7) is 7.08. The fourth-order valence-corrected chi connectivity index (χ4v) is 1.73. The molecule has 0 aliphatic heterocycles. The van der Waals surface area contributed by atoms with E-state index in [1.165, 1.54) is 5.69 Å². The SMILES string of the molecule is CCN(C)c1ccc(N=Nc2cc(C)[nH]n2)c(C)c1. The van der Waals surface area contributed by atoms with Crippen LogP contribution in [-0.2, 0) is 0 Å². The van der Waals surface area contributed by atoms with Gasteiger partial charge in [-0.2, -0.15) is 5.10 Å². The number of hydrogen-bond acceptors (Lipinski definition) is 4. The molecule has 5 nitrogen and oxygen atoms in total. The Morgan fingerprint density at radius 1 is 1.21 bits per heavy atom. The van der Waals surface area contributed by atoms with Crippen LogP contribution < -0.4 is 4.90 Å². The number of nitrogens with one attached hydrogen (secondary N) is 1. The number of H-pyrrole nitrogens is 1. The van der Waals surface area contributed by atoms with Crippen LogP contribution in [0.2, 0.25) is 0 Å². The van der Waals surface area contributed by atoms with Crippen molar-refractivity contribution in [2.45, 2.75) is 20.8 Å². The predicted molar refractivity (Wildman–Crippen MR) is 77.6 cm³/mol. The second-order valence-electron chi connectivity index (χ2n) is 4.59. The van der Waals surface area contributed by atoms with Gasteiger partial charge in [-0.1, -0.05) is 0 Å². The maximum atomic E-state index is 4.24. The maximum Gasteiger partial charge on any atom is 0.195 e. The van der Waals surface area contributed by atoms with Gasteiger partial charge in [-0.15, -0.1) is 10.2 Å². The lowest BCUT2D eigenvalue weighted by Gasteiger charge is -2.17. The molecule has 2 aromatic rings. The molecule has 0 spiro atoms. The normalized spacial score (nSPS) is 11.2. The highest BCUT2D eigenvalue weighted by Gasteiger charge is 2.02. The zero-order valence-corrected chi connectivity index (χ0v) is 11.8. The quantitative estimate of drug-likeness (QED) is 0.844. The molecule has 0 saturated carbocycles. The zero-order valence-electron chi connectivity index (χ0n) is 11.8. The molecule has 0 saturated heterocycles. The smallest absolute Gasteiger partial charge is 0.195 e. The second kappa shape index (κ2) is 5.65. The van der Waals surface area contributed by atoms with Gasteiger partial charge >= 0.3 is 0 Å². The highest BCUT2D eigenvalue weighted by Crippen LogP contribution is 2.25. The van der Waals surface area contributed by atoms with E-state index in [-0.39, 0.29) is 0 Å². The summed E-state index contributed by atoms with van der Waals surface area (Å²) in [5.41, 5.74) is 4.14. The molecule has 0 atom stereocenters. The zero-order chi connectivity index (χ0) is 13.8. The van der Waals surface area contributed by atoms with Crippen LogP contribution in [0.15, 0.2) is 34.5 Å². The number of aromatic nitrogens is 2. The van der Waals surface area contributed by atoms with Crippen molar-refractivity contribution in [3.05, 3.63) is 35.5 Å². The Labute approximate surface area is 113 Å². The van der Waals surface area contributed by atoms with E-state index in [0.717, 1.165) is 23.5 Å². The van der Waals surface area contributed by atoms with Crippen molar-refractivity contribution >= 4 is 17.2 Å². The largest absolute Gasteiger partial charge is 0.375 e. The summed E-state index contributed by atoms with van der Waals surface area (Å²) in [5, 5.41) is 15.2. The highest BCUT2D eigenvalue weighted by atomic mass is 15.2. The summed E-state index contributed by atoms with van der Waals surface area (Å²) < 4.78 is 0. The minimum Gasteiger partial charge on any atom is -0.375 e. The van der Waals surface area contributed by atoms with E-state index in [2.05, 4.69) is 51.4 Å². The minimum absolute atomic E-state index is 0.603. The summed E-state index contributed by atoms with van der Waals surface area (Å²) in [7, 11) is 2.07. The fourth-order valence-electron chi connectivity index (χ4n) is 1.73. The Bertz CT molecular complexity index is 585. The third-order valence-corrected chi connectivity index (χ3v) is 3.05. The van der Waals surface area contributed by atoms with Crippen molar-refractivity contribution in [1.82, 2.24) is 10.2 Å². The standard InChI is InChI=1S/C14H19N5/c1-5-19(4)12-6-7-13(10(2)8-12)16-18-14-9-11(3)15-17-14/h6-9H,5H2,1-4H3,(H,15,17). The first kappa shape index (κ1) is 13.3. The molecule has 1 heterocycles. The molecular weight excluding hydrogens is 238 g/mol. The van der Waals surface area contributed by atoms with Crippen LogP contribution >= 0.6 is 0 Å². The fraction of sp³-hybridized carbons (Fsp3) is 0.357. The third kappa shape index (κ3) is 3.19. The Morgan fingerprint density at radius 3 is 2.58 bits per heavy atom. The topological polar surface area (TPSA) is 56.6 Å². The maximum absolute atomic E-state index is 4.24. The average Bonchev–Trinajstić information content (AvgIpc) is 2.82. The van der Waals surface area contributed by atoms with Crippen molar-refractivity contribution in [2.24, 2.45) is 10.2 Å². The number of azo groups is 1. The van der Waals surface area contributed by atoms with Crippen LogP contribution in [0.25, 0.3) is 0 Å². The molecule has 0 aliphatic carbocycles. The highest BCUT2D eigenvalue weighted by molar-refractivity contribution is 5.57. The first-order chi connectivity index (χ1) is 9.10. The molecule has 0 radical (unpaired) electrons. The van der Waals surface area contributed by atoms with Gasteiger partial charge in [0.1, 0.15) is 0 Å². The number of aromatic amines is 1. The van der Waals surface area contributed by atoms with Gasteiger partial charge in [-0.05, 0) is 44.5 Å². The molecule has 0 aliphatic rings. The molecule has 0 amide bonds. The Balaban J connectivity index is 2.19. The summed E-state index contributed by atoms with van der Waals surface area (Å²) in [5.74, 6) is 0.603. The molecule has 19 heavy (non-hydrogen) atoms. The van der Waals surface area contributed by atoms with Crippen LogP contribution in [0.4, 0.5) is 17.2 Å². The Morgan fingerprint density at radius 2 is 2.00 bits per heavy atom. The number of rotatable bonds is 4. The van der Waals surface area contributed by atoms with Crippen molar-refractivity contribution in [3.8, 4) is 0 Å². The van der Waals surface area contributed by atoms with Gasteiger partial charge in [0.15, 0.2) is 5.82 Å². The second-order valence-corrected chi connectivity index (χ2v) is 4.59. The van der Waals surface area contributed by atoms with Crippen LogP contribution in [0.3, 0.4) is 0 Å². The van der Waals surface area contributed by atoms with Gasteiger partial charge in [-0.25, -0.2) is 0 Å². The monoisotopic (exact) mass is 257 g/mol. The summed E-state index contributed by atoms with van der Waals surface area (Å²) in [6, 6.07) is 8.02. The van der Waals surface area contributed by atoms with Crippen molar-refractivity contribution in [3.63, 3.8) is 0 Å². The van der Waals surface area contributed by atoms with E-state index in [4.69, 9.17) is 0 Å². The molecule has 0 fully saturated rings. The number of nitrogens with zero attached hydrogens (tertiary/aromatic N) is 4. The molecule has 2 rings (SSSR count). The summed E-state index contributed by atoms with van der Waals surface area (Å²) in [6.07, 6.45) is 0. The van der Waals surface area contributed by atoms with Crippen molar-refractivity contribution in [1.29, 1.82) is 0 Å². The van der Waals surface area contributed by atoms with E-state index in [0.29, 0.717) is 5.82 Å². The lowest BCUT2D eigenvalue weighted by atomic mass is 10.2. The summed E-state index contributed by atoms with van der Waals surface area (Å²) in [4.78, 5) is 2.19. The summed E-state index contributed by atoms with van der Waals surface area (Å²) >= 11 is 0. The first-order valence-electron chi connectivity index (χ1n) is 6.35. The van der Waals surface area contributed by atoms with E-state index in [1.807, 2.05) is 26.0 Å². The van der Waals surface area contributed by atoms with E-state index >= 15 is 0 Å². The Kier molecular flexibility index (Phi) is 3.94. The molecule has 5 heteroatoms. The van der Waals surface area contributed by atoms with Gasteiger partial charge in [0.2, 0.25) is 0 Å². The molecule has 1 aromatic heterocycles. The van der Waals surface area contributed by atoms with E-state index < -0.39 is 0 Å². The first-order valence-corrected chi connectivity index (χ1v) is 6.35. The van der Waals surface area contributed by atoms with Gasteiger partial charge in [0.05, 0.1) is 5.69 Å². The van der Waals surface area contributed by atoms with Crippen molar-refractivity contribution in [2.75, 3.05) is 18.5 Å². The van der Waals surface area contributed by atoms with E-state index in [9.17, 15) is 0 Å². The van der Waals surface area contributed by atoms with Gasteiger partial charge in [-0.3, -0.25) is 5.10 Å². The van der Waals surface area contributed by atoms with Crippen LogP contribution in [0.1, 0.15) is 18.2 Å². The minimum atomic E-state index is 0.603. The van der Waals surface area contributed by atoms with Gasteiger partial charge < -0.3 is 4.90 Å². The number of aryl methyl sites for hydroxylation is 2. The average molecular weight is 257 g/mol. The van der Waals surface area contributed by atoms with Crippen LogP contribution in [-0.4, -0.2) is 23.8 Å².